The average Bonchev–Trinajstić information content (AvgIpc) is 2.40. The van der Waals surface area contributed by atoms with E-state index in [1.54, 1.807) is 18.6 Å². The molecule has 6 heteroatoms. The van der Waals surface area contributed by atoms with Crippen LogP contribution < -0.4 is 11.1 Å². The van der Waals surface area contributed by atoms with Crippen LogP contribution in [0.5, 0.6) is 0 Å². The van der Waals surface area contributed by atoms with Gasteiger partial charge in [0.25, 0.3) is 0 Å². The number of nitrogens with zero attached hydrogens (tertiary/aromatic N) is 3. The van der Waals surface area contributed by atoms with Gasteiger partial charge in [0.05, 0.1) is 0 Å². The zero-order valence-corrected chi connectivity index (χ0v) is 5.57. The van der Waals surface area contributed by atoms with E-state index in [0.29, 0.717) is 5.95 Å². The molecule has 0 atom stereocenters. The standard InChI is InChI=1S/C5H6N6/c6-3-10-4(7)11-5-8-1-2-9-5/h1-2H,(H4,7,8,9,10,11). The number of nitrogens with one attached hydrogen (secondary N) is 2. The highest BCUT2D eigenvalue weighted by atomic mass is 15.2. The maximum absolute atomic E-state index is 8.11. The molecule has 1 aromatic heterocycles. The number of aromatic amines is 1. The lowest BCUT2D eigenvalue weighted by atomic mass is 10.9. The molecule has 11 heavy (non-hydrogen) atoms. The molecule has 0 fully saturated rings. The van der Waals surface area contributed by atoms with Gasteiger partial charge in [-0.1, -0.05) is 0 Å². The van der Waals surface area contributed by atoms with Crippen LogP contribution in [0.25, 0.3) is 0 Å². The molecule has 6 nitrogen and oxygen atoms in total. The van der Waals surface area contributed by atoms with Gasteiger partial charge in [-0.2, -0.15) is 10.3 Å². The van der Waals surface area contributed by atoms with Crippen molar-refractivity contribution in [2.24, 2.45) is 10.7 Å². The van der Waals surface area contributed by atoms with E-state index < -0.39 is 0 Å². The third-order valence-electron chi connectivity index (χ3n) is 0.894. The second-order valence-electron chi connectivity index (χ2n) is 1.65. The number of imidazole rings is 1. The summed E-state index contributed by atoms with van der Waals surface area (Å²) in [6, 6.07) is 0. The van der Waals surface area contributed by atoms with Crippen LogP contribution in [0.3, 0.4) is 0 Å². The number of nitriles is 1. The van der Waals surface area contributed by atoms with Crippen molar-refractivity contribution in [3.8, 4) is 6.19 Å². The summed E-state index contributed by atoms with van der Waals surface area (Å²) < 4.78 is 0. The molecule has 0 unspecified atom stereocenters. The third-order valence-corrected chi connectivity index (χ3v) is 0.894. The van der Waals surface area contributed by atoms with Crippen LogP contribution in [0, 0.1) is 11.5 Å². The maximum atomic E-state index is 8.11. The fourth-order valence-corrected chi connectivity index (χ4v) is 0.517. The second-order valence-corrected chi connectivity index (χ2v) is 1.65. The molecule has 0 aromatic carbocycles. The summed E-state index contributed by atoms with van der Waals surface area (Å²) in [4.78, 5) is 10.2. The Labute approximate surface area is 62.8 Å². The fraction of sp³-hybridized carbons (Fsp3) is 0. The van der Waals surface area contributed by atoms with Gasteiger partial charge < -0.3 is 10.7 Å². The number of hydrogen-bond acceptors (Lipinski definition) is 3. The lowest BCUT2D eigenvalue weighted by Gasteiger charge is -1.91. The number of aromatic nitrogens is 2. The Balaban J connectivity index is 2.68. The first-order valence-corrected chi connectivity index (χ1v) is 2.81. The summed E-state index contributed by atoms with van der Waals surface area (Å²) in [5.41, 5.74) is 5.23. The largest absolute Gasteiger partial charge is 0.369 e. The average molecular weight is 150 g/mol. The zero-order chi connectivity index (χ0) is 8.10. The van der Waals surface area contributed by atoms with Gasteiger partial charge in [0.15, 0.2) is 6.19 Å². The van der Waals surface area contributed by atoms with E-state index in [0.717, 1.165) is 0 Å². The normalized spacial score (nSPS) is 10.6. The Kier molecular flexibility index (Phi) is 2.07. The Morgan fingerprint density at radius 3 is 3.27 bits per heavy atom. The summed E-state index contributed by atoms with van der Waals surface area (Å²) >= 11 is 0. The van der Waals surface area contributed by atoms with Crippen LogP contribution in [-0.2, 0) is 0 Å². The van der Waals surface area contributed by atoms with Crippen molar-refractivity contribution in [3.05, 3.63) is 12.4 Å². The van der Waals surface area contributed by atoms with Crippen LogP contribution in [0.4, 0.5) is 5.95 Å². The van der Waals surface area contributed by atoms with E-state index in [4.69, 9.17) is 11.0 Å². The number of rotatable bonds is 1. The second kappa shape index (κ2) is 3.22. The van der Waals surface area contributed by atoms with Crippen LogP contribution in [0.1, 0.15) is 0 Å². The highest BCUT2D eigenvalue weighted by molar-refractivity contribution is 5.81. The summed E-state index contributed by atoms with van der Waals surface area (Å²) in [6.07, 6.45) is 4.78. The van der Waals surface area contributed by atoms with Gasteiger partial charge in [-0.3, -0.25) is 5.32 Å². The first kappa shape index (κ1) is 7.08. The summed E-state index contributed by atoms with van der Waals surface area (Å²) in [6.45, 7) is 0. The maximum Gasteiger partial charge on any atom is 0.230 e. The topological polar surface area (TPSA) is 103 Å². The molecule has 1 aromatic rings. The highest BCUT2D eigenvalue weighted by Crippen LogP contribution is 1.98. The molecule has 0 spiro atoms. The molecule has 0 radical (unpaired) electrons. The van der Waals surface area contributed by atoms with Crippen molar-refractivity contribution in [1.29, 1.82) is 5.26 Å². The quantitative estimate of drug-likeness (QED) is 0.216. The molecule has 4 N–H and O–H groups in total. The summed E-state index contributed by atoms with van der Waals surface area (Å²) in [5.74, 6) is 0.382. The predicted molar refractivity (Wildman–Crippen MR) is 38.6 cm³/mol. The van der Waals surface area contributed by atoms with Gasteiger partial charge in [-0.05, 0) is 0 Å². The number of aliphatic imine (C=N–C) groups is 1. The van der Waals surface area contributed by atoms with Gasteiger partial charge >= 0.3 is 0 Å². The number of hydrogen-bond donors (Lipinski definition) is 3. The van der Waals surface area contributed by atoms with Crippen LogP contribution in [0.2, 0.25) is 0 Å². The van der Waals surface area contributed by atoms with Crippen LogP contribution >= 0.6 is 0 Å². The molecular weight excluding hydrogens is 144 g/mol. The first-order valence-electron chi connectivity index (χ1n) is 2.81. The van der Waals surface area contributed by atoms with Crippen LogP contribution in [0.15, 0.2) is 17.4 Å². The molecule has 0 bridgehead atoms. The molecule has 56 valence electrons. The lowest BCUT2D eigenvalue weighted by Crippen LogP contribution is -2.26. The Morgan fingerprint density at radius 1 is 1.91 bits per heavy atom. The molecular formula is C5H6N6. The fourth-order valence-electron chi connectivity index (χ4n) is 0.517. The zero-order valence-electron chi connectivity index (χ0n) is 5.57. The van der Waals surface area contributed by atoms with E-state index in [1.807, 2.05) is 0 Å². The van der Waals surface area contributed by atoms with E-state index in [1.165, 1.54) is 0 Å². The number of H-pyrrole nitrogens is 1. The molecule has 0 saturated carbocycles. The summed E-state index contributed by atoms with van der Waals surface area (Å²) in [7, 11) is 0. The van der Waals surface area contributed by atoms with Crippen LogP contribution in [-0.4, -0.2) is 15.9 Å². The molecule has 0 aliphatic heterocycles. The van der Waals surface area contributed by atoms with Gasteiger partial charge in [0, 0.05) is 12.4 Å². The monoisotopic (exact) mass is 150 g/mol. The van der Waals surface area contributed by atoms with E-state index in [2.05, 4.69) is 20.3 Å². The molecule has 0 saturated heterocycles. The Morgan fingerprint density at radius 2 is 2.73 bits per heavy atom. The number of guanidine groups is 1. The van der Waals surface area contributed by atoms with Crippen molar-refractivity contribution in [3.63, 3.8) is 0 Å². The van der Waals surface area contributed by atoms with Crippen molar-refractivity contribution < 1.29 is 0 Å². The van der Waals surface area contributed by atoms with Crippen molar-refractivity contribution in [1.82, 2.24) is 15.3 Å². The minimum Gasteiger partial charge on any atom is -0.369 e. The van der Waals surface area contributed by atoms with Gasteiger partial charge in [0.1, 0.15) is 0 Å². The minimum atomic E-state index is 0.0162. The van der Waals surface area contributed by atoms with E-state index in [9.17, 15) is 0 Å². The van der Waals surface area contributed by atoms with Gasteiger partial charge in [-0.15, -0.1) is 0 Å². The van der Waals surface area contributed by atoms with Crippen molar-refractivity contribution in [2.45, 2.75) is 0 Å². The van der Waals surface area contributed by atoms with E-state index >= 15 is 0 Å². The molecule has 1 rings (SSSR count). The summed E-state index contributed by atoms with van der Waals surface area (Å²) in [5, 5.41) is 10.3. The predicted octanol–water partition coefficient (Wildman–Crippen LogP) is -0.573. The van der Waals surface area contributed by atoms with E-state index in [-0.39, 0.29) is 5.96 Å². The van der Waals surface area contributed by atoms with Gasteiger partial charge in [-0.25, -0.2) is 4.98 Å². The Hall–Kier alpha value is -2.03. The lowest BCUT2D eigenvalue weighted by molar-refractivity contribution is 1.17. The van der Waals surface area contributed by atoms with Crippen molar-refractivity contribution >= 4 is 11.9 Å². The smallest absolute Gasteiger partial charge is 0.230 e. The Bertz CT molecular complexity index is 278. The minimum absolute atomic E-state index is 0.0162. The molecule has 1 heterocycles. The first-order chi connectivity index (χ1) is 5.33. The number of nitrogens with two attached hydrogens (primary N) is 1. The molecule has 0 amide bonds. The highest BCUT2D eigenvalue weighted by Gasteiger charge is 1.91. The van der Waals surface area contributed by atoms with Crippen molar-refractivity contribution in [2.75, 3.05) is 0 Å². The third kappa shape index (κ3) is 1.98. The molecule has 0 aliphatic carbocycles. The molecule has 0 aliphatic rings. The van der Waals surface area contributed by atoms with Gasteiger partial charge in [0.2, 0.25) is 11.9 Å². The SMILES string of the molecule is N#CNC(N)=Nc1ncc[nH]1.